The molecule has 158 valence electrons. The summed E-state index contributed by atoms with van der Waals surface area (Å²) in [5, 5.41) is 0. The van der Waals surface area contributed by atoms with Crippen LogP contribution in [-0.2, 0) is 9.84 Å². The van der Waals surface area contributed by atoms with E-state index in [-0.39, 0.29) is 16.1 Å². The molecule has 0 aliphatic heterocycles. The summed E-state index contributed by atoms with van der Waals surface area (Å²) >= 11 is 0. The molecule has 0 aliphatic rings. The van der Waals surface area contributed by atoms with E-state index in [4.69, 9.17) is 0 Å². The molecule has 2 aromatic heterocycles. The number of pyridine rings is 1. The second-order valence-corrected chi connectivity index (χ2v) is 8.89. The lowest BCUT2D eigenvalue weighted by Gasteiger charge is -2.10. The van der Waals surface area contributed by atoms with E-state index in [2.05, 4.69) is 9.97 Å². The number of aromatic nitrogens is 3. The van der Waals surface area contributed by atoms with Crippen molar-refractivity contribution in [3.8, 4) is 17.1 Å². The Morgan fingerprint density at radius 2 is 1.28 bits per heavy atom. The van der Waals surface area contributed by atoms with Crippen LogP contribution in [-0.4, -0.2) is 23.0 Å². The molecule has 0 N–H and O–H groups in total. The van der Waals surface area contributed by atoms with E-state index in [1.54, 1.807) is 54.6 Å². The normalized spacial score (nSPS) is 11.7. The predicted molar refractivity (Wildman–Crippen MR) is 116 cm³/mol. The van der Waals surface area contributed by atoms with E-state index in [0.29, 0.717) is 17.1 Å². The lowest BCUT2D eigenvalue weighted by molar-refractivity contribution is 0.463. The van der Waals surface area contributed by atoms with Crippen molar-refractivity contribution >= 4 is 21.0 Å². The molecule has 5 rings (SSSR count). The van der Waals surface area contributed by atoms with E-state index in [1.165, 1.54) is 28.8 Å². The van der Waals surface area contributed by atoms with Gasteiger partial charge < -0.3 is 0 Å². The summed E-state index contributed by atoms with van der Waals surface area (Å²) in [5.41, 5.74) is 0.882. The Balaban J connectivity index is 1.93. The van der Waals surface area contributed by atoms with Crippen LogP contribution in [0.3, 0.4) is 0 Å². The number of rotatable bonds is 4. The topological polar surface area (TPSA) is 64.8 Å². The second kappa shape index (κ2) is 7.65. The van der Waals surface area contributed by atoms with Crippen LogP contribution in [0.25, 0.3) is 28.2 Å². The first-order chi connectivity index (χ1) is 15.5. The molecule has 0 atom stereocenters. The molecule has 5 nitrogen and oxygen atoms in total. The Hall–Kier alpha value is -3.91. The molecule has 2 heterocycles. The summed E-state index contributed by atoms with van der Waals surface area (Å²) in [6, 6.07) is 25.1. The van der Waals surface area contributed by atoms with Crippen molar-refractivity contribution in [1.82, 2.24) is 14.5 Å². The van der Waals surface area contributed by atoms with Gasteiger partial charge in [0.15, 0.2) is 11.5 Å². The summed E-state index contributed by atoms with van der Waals surface area (Å²) in [7, 11) is -4.42. The number of hydrogen-bond acceptors (Lipinski definition) is 4. The van der Waals surface area contributed by atoms with Crippen molar-refractivity contribution in [1.29, 1.82) is 0 Å². The van der Waals surface area contributed by atoms with Crippen LogP contribution in [0, 0.1) is 11.8 Å². The lowest BCUT2D eigenvalue weighted by Crippen LogP contribution is -2.09. The maximum atomic E-state index is 15.0. The Labute approximate surface area is 182 Å². The molecule has 0 fully saturated rings. The number of para-hydroxylation sites is 1. The highest BCUT2D eigenvalue weighted by atomic mass is 32.2. The van der Waals surface area contributed by atoms with Gasteiger partial charge in [0.2, 0.25) is 9.84 Å². The van der Waals surface area contributed by atoms with E-state index in [0.717, 1.165) is 0 Å². The zero-order valence-corrected chi connectivity index (χ0v) is 17.3. The smallest absolute Gasteiger partial charge is 0.252 e. The van der Waals surface area contributed by atoms with Gasteiger partial charge in [0.25, 0.3) is 5.95 Å². The third-order valence-electron chi connectivity index (χ3n) is 5.02. The summed E-state index contributed by atoms with van der Waals surface area (Å²) < 4.78 is 57.9. The minimum Gasteiger partial charge on any atom is -0.277 e. The largest absolute Gasteiger partial charge is 0.277 e. The molecule has 8 heteroatoms. The first-order valence-electron chi connectivity index (χ1n) is 9.67. The van der Waals surface area contributed by atoms with Gasteiger partial charge in [-0.1, -0.05) is 66.7 Å². The Bertz CT molecular complexity index is 1540. The van der Waals surface area contributed by atoms with Gasteiger partial charge in [-0.05, 0) is 24.3 Å². The van der Waals surface area contributed by atoms with Gasteiger partial charge in [-0.3, -0.25) is 4.57 Å². The first kappa shape index (κ1) is 20.0. The Kier molecular flexibility index (Phi) is 4.79. The van der Waals surface area contributed by atoms with Gasteiger partial charge in [0, 0.05) is 11.3 Å². The standard InChI is InChI=1S/C24H15F2N3O2S/c25-19-21(32(30,31)18-14-8-3-9-15-18)20-24(28-22(19)26)29(17-12-6-2-7-13-17)23(27-20)16-10-4-1-5-11-16/h1-15H. The number of benzene rings is 3. The summed E-state index contributed by atoms with van der Waals surface area (Å²) in [4.78, 5) is 7.23. The van der Waals surface area contributed by atoms with Crippen molar-refractivity contribution in [2.75, 3.05) is 0 Å². The quantitative estimate of drug-likeness (QED) is 0.355. The molecule has 0 unspecified atom stereocenters. The minimum atomic E-state index is -4.42. The average molecular weight is 447 g/mol. The average Bonchev–Trinajstić information content (AvgIpc) is 3.19. The van der Waals surface area contributed by atoms with Crippen molar-refractivity contribution in [3.63, 3.8) is 0 Å². The molecule has 5 aromatic rings. The van der Waals surface area contributed by atoms with Crippen LogP contribution in [0.2, 0.25) is 0 Å². The molecular formula is C24H15F2N3O2S. The van der Waals surface area contributed by atoms with Gasteiger partial charge in [-0.2, -0.15) is 9.37 Å². The SMILES string of the molecule is O=S(=O)(c1ccccc1)c1c(F)c(F)nc2c1nc(-c1ccccc1)n2-c1ccccc1. The monoisotopic (exact) mass is 447 g/mol. The molecule has 0 spiro atoms. The maximum absolute atomic E-state index is 15.0. The van der Waals surface area contributed by atoms with Crippen LogP contribution in [0.4, 0.5) is 8.78 Å². The fourth-order valence-corrected chi connectivity index (χ4v) is 5.04. The van der Waals surface area contributed by atoms with Gasteiger partial charge in [0.1, 0.15) is 16.2 Å². The van der Waals surface area contributed by atoms with Crippen molar-refractivity contribution in [3.05, 3.63) is 103 Å². The van der Waals surface area contributed by atoms with Gasteiger partial charge in [-0.25, -0.2) is 17.8 Å². The molecule has 3 aromatic carbocycles. The Morgan fingerprint density at radius 3 is 1.91 bits per heavy atom. The molecule has 0 saturated heterocycles. The minimum absolute atomic E-state index is 0.0940. The highest BCUT2D eigenvalue weighted by molar-refractivity contribution is 7.91. The number of fused-ring (bicyclic) bond motifs is 1. The molecular weight excluding hydrogens is 432 g/mol. The van der Waals surface area contributed by atoms with E-state index in [9.17, 15) is 17.2 Å². The van der Waals surface area contributed by atoms with Crippen molar-refractivity contribution < 1.29 is 17.2 Å². The van der Waals surface area contributed by atoms with Crippen LogP contribution < -0.4 is 0 Å². The molecule has 0 saturated carbocycles. The fraction of sp³-hybridized carbons (Fsp3) is 0. The number of halogens is 2. The van der Waals surface area contributed by atoms with Gasteiger partial charge >= 0.3 is 0 Å². The molecule has 32 heavy (non-hydrogen) atoms. The first-order valence-corrected chi connectivity index (χ1v) is 11.2. The lowest BCUT2D eigenvalue weighted by atomic mass is 10.2. The van der Waals surface area contributed by atoms with Crippen LogP contribution in [0.15, 0.2) is 101 Å². The third-order valence-corrected chi connectivity index (χ3v) is 6.82. The number of sulfone groups is 1. The molecule has 0 amide bonds. The van der Waals surface area contributed by atoms with Crippen molar-refractivity contribution in [2.24, 2.45) is 0 Å². The number of hydrogen-bond donors (Lipinski definition) is 0. The van der Waals surface area contributed by atoms with Crippen LogP contribution >= 0.6 is 0 Å². The summed E-state index contributed by atoms with van der Waals surface area (Å²) in [6.45, 7) is 0. The Morgan fingerprint density at radius 1 is 0.719 bits per heavy atom. The van der Waals surface area contributed by atoms with Crippen LogP contribution in [0.5, 0.6) is 0 Å². The predicted octanol–water partition coefficient (Wildman–Crippen LogP) is 5.20. The van der Waals surface area contributed by atoms with Crippen molar-refractivity contribution in [2.45, 2.75) is 9.79 Å². The molecule has 0 aliphatic carbocycles. The van der Waals surface area contributed by atoms with Gasteiger partial charge in [-0.15, -0.1) is 0 Å². The summed E-state index contributed by atoms with van der Waals surface area (Å²) in [6.07, 6.45) is 0. The highest BCUT2D eigenvalue weighted by Crippen LogP contribution is 2.35. The van der Waals surface area contributed by atoms with E-state index in [1.807, 2.05) is 12.1 Å². The summed E-state index contributed by atoms with van der Waals surface area (Å²) in [5.74, 6) is -2.75. The number of imidazole rings is 1. The molecule has 0 bridgehead atoms. The zero-order chi connectivity index (χ0) is 22.3. The van der Waals surface area contributed by atoms with Crippen LogP contribution in [0.1, 0.15) is 0 Å². The molecule has 0 radical (unpaired) electrons. The number of nitrogens with zero attached hydrogens (tertiary/aromatic N) is 3. The van der Waals surface area contributed by atoms with E-state index < -0.39 is 26.5 Å². The maximum Gasteiger partial charge on any atom is 0.252 e. The second-order valence-electron chi connectivity index (χ2n) is 7.01. The van der Waals surface area contributed by atoms with E-state index >= 15 is 0 Å². The fourth-order valence-electron chi connectivity index (χ4n) is 3.57. The third kappa shape index (κ3) is 3.16. The van der Waals surface area contributed by atoms with Gasteiger partial charge in [0.05, 0.1) is 4.90 Å². The zero-order valence-electron chi connectivity index (χ0n) is 16.5. The highest BCUT2D eigenvalue weighted by Gasteiger charge is 2.32.